The lowest BCUT2D eigenvalue weighted by Gasteiger charge is -2.25. The third-order valence-electron chi connectivity index (χ3n) is 5.36. The van der Waals surface area contributed by atoms with Gasteiger partial charge in [0.25, 0.3) is 10.0 Å². The van der Waals surface area contributed by atoms with E-state index in [-0.39, 0.29) is 11.4 Å². The molecule has 0 fully saturated rings. The maximum absolute atomic E-state index is 13.8. The molecule has 0 unspecified atom stereocenters. The SMILES string of the molecule is CCOc1ccc(-c2nc(CN(c3ccccc3OCC)S(=O)(=O)c3ccccc3)c(C)o2)cc1. The first kappa shape index (κ1) is 24.3. The molecule has 0 aliphatic carbocycles. The van der Waals surface area contributed by atoms with E-state index in [1.807, 2.05) is 44.2 Å². The van der Waals surface area contributed by atoms with Crippen LogP contribution >= 0.6 is 0 Å². The van der Waals surface area contributed by atoms with Crippen molar-refractivity contribution in [1.29, 1.82) is 0 Å². The van der Waals surface area contributed by atoms with Crippen LogP contribution in [-0.4, -0.2) is 26.6 Å². The lowest BCUT2D eigenvalue weighted by Crippen LogP contribution is -2.31. The summed E-state index contributed by atoms with van der Waals surface area (Å²) in [6.07, 6.45) is 0. The van der Waals surface area contributed by atoms with Crippen LogP contribution in [0.2, 0.25) is 0 Å². The number of hydrogen-bond donors (Lipinski definition) is 0. The summed E-state index contributed by atoms with van der Waals surface area (Å²) in [6.45, 7) is 6.53. The Morgan fingerprint density at radius 2 is 1.51 bits per heavy atom. The van der Waals surface area contributed by atoms with Crippen molar-refractivity contribution in [3.05, 3.63) is 90.3 Å². The van der Waals surface area contributed by atoms with Gasteiger partial charge in [-0.3, -0.25) is 4.31 Å². The Kier molecular flexibility index (Phi) is 7.41. The molecule has 0 saturated heterocycles. The Balaban J connectivity index is 1.75. The number of ether oxygens (including phenoxy) is 2. The smallest absolute Gasteiger partial charge is 0.264 e. The first-order valence-corrected chi connectivity index (χ1v) is 12.9. The fourth-order valence-electron chi connectivity index (χ4n) is 3.65. The molecule has 1 heterocycles. The third-order valence-corrected chi connectivity index (χ3v) is 7.14. The molecule has 0 aliphatic heterocycles. The van der Waals surface area contributed by atoms with Crippen LogP contribution in [0.4, 0.5) is 5.69 Å². The number of aromatic nitrogens is 1. The van der Waals surface area contributed by atoms with Crippen LogP contribution in [0.3, 0.4) is 0 Å². The van der Waals surface area contributed by atoms with Crippen molar-refractivity contribution in [3.8, 4) is 23.0 Å². The van der Waals surface area contributed by atoms with Crippen molar-refractivity contribution in [1.82, 2.24) is 4.98 Å². The fourth-order valence-corrected chi connectivity index (χ4v) is 5.11. The zero-order valence-electron chi connectivity index (χ0n) is 20.0. The largest absolute Gasteiger partial charge is 0.494 e. The number of nitrogens with zero attached hydrogens (tertiary/aromatic N) is 2. The first-order chi connectivity index (χ1) is 16.9. The molecular weight excluding hydrogens is 464 g/mol. The van der Waals surface area contributed by atoms with E-state index in [1.54, 1.807) is 55.5 Å². The highest BCUT2D eigenvalue weighted by Gasteiger charge is 2.29. The predicted molar refractivity (Wildman–Crippen MR) is 135 cm³/mol. The molecule has 0 amide bonds. The van der Waals surface area contributed by atoms with E-state index >= 15 is 0 Å². The minimum absolute atomic E-state index is 0.0202. The maximum atomic E-state index is 13.8. The maximum Gasteiger partial charge on any atom is 0.264 e. The molecule has 35 heavy (non-hydrogen) atoms. The summed E-state index contributed by atoms with van der Waals surface area (Å²) in [6, 6.07) is 22.8. The molecule has 0 atom stereocenters. The number of sulfonamides is 1. The van der Waals surface area contributed by atoms with E-state index in [9.17, 15) is 8.42 Å². The van der Waals surface area contributed by atoms with E-state index < -0.39 is 10.0 Å². The molecule has 0 N–H and O–H groups in total. The average molecular weight is 493 g/mol. The normalized spacial score (nSPS) is 11.3. The number of benzene rings is 3. The van der Waals surface area contributed by atoms with Crippen molar-refractivity contribution in [3.63, 3.8) is 0 Å². The second-order valence-corrected chi connectivity index (χ2v) is 9.57. The Hall–Kier alpha value is -3.78. The summed E-state index contributed by atoms with van der Waals surface area (Å²) in [5.41, 5.74) is 1.72. The van der Waals surface area contributed by atoms with Crippen molar-refractivity contribution in [2.75, 3.05) is 17.5 Å². The Morgan fingerprint density at radius 1 is 0.857 bits per heavy atom. The summed E-state index contributed by atoms with van der Waals surface area (Å²) in [5, 5.41) is 0. The van der Waals surface area contributed by atoms with Crippen molar-refractivity contribution in [2.45, 2.75) is 32.2 Å². The van der Waals surface area contributed by atoms with E-state index in [1.165, 1.54) is 4.31 Å². The van der Waals surface area contributed by atoms with Gasteiger partial charge in [-0.2, -0.15) is 0 Å². The molecule has 8 heteroatoms. The number of anilines is 1. The van der Waals surface area contributed by atoms with Crippen LogP contribution in [-0.2, 0) is 16.6 Å². The van der Waals surface area contributed by atoms with Gasteiger partial charge >= 0.3 is 0 Å². The molecule has 1 aromatic heterocycles. The van der Waals surface area contributed by atoms with Crippen LogP contribution in [0.25, 0.3) is 11.5 Å². The number of para-hydroxylation sites is 2. The number of hydrogen-bond acceptors (Lipinski definition) is 6. The van der Waals surface area contributed by atoms with Crippen molar-refractivity contribution < 1.29 is 22.3 Å². The number of rotatable bonds is 10. The lowest BCUT2D eigenvalue weighted by atomic mass is 10.2. The molecule has 182 valence electrons. The molecule has 7 nitrogen and oxygen atoms in total. The number of oxazole rings is 1. The number of aryl methyl sites for hydroxylation is 1. The molecule has 4 rings (SSSR count). The van der Waals surface area contributed by atoms with Gasteiger partial charge < -0.3 is 13.9 Å². The van der Waals surface area contributed by atoms with E-state index in [2.05, 4.69) is 4.98 Å². The molecule has 0 saturated carbocycles. The summed E-state index contributed by atoms with van der Waals surface area (Å²) < 4.78 is 46.1. The Bertz CT molecular complexity index is 1370. The summed E-state index contributed by atoms with van der Waals surface area (Å²) in [7, 11) is -3.92. The molecule has 0 spiro atoms. The zero-order valence-corrected chi connectivity index (χ0v) is 20.8. The van der Waals surface area contributed by atoms with Gasteiger partial charge in [-0.25, -0.2) is 13.4 Å². The summed E-state index contributed by atoms with van der Waals surface area (Å²) in [5.74, 6) is 2.18. The van der Waals surface area contributed by atoms with Gasteiger partial charge in [0.1, 0.15) is 23.0 Å². The first-order valence-electron chi connectivity index (χ1n) is 11.4. The van der Waals surface area contributed by atoms with Gasteiger partial charge in [-0.15, -0.1) is 0 Å². The average Bonchev–Trinajstić information content (AvgIpc) is 3.24. The summed E-state index contributed by atoms with van der Waals surface area (Å²) in [4.78, 5) is 4.83. The molecule has 0 bridgehead atoms. The van der Waals surface area contributed by atoms with E-state index in [0.29, 0.717) is 42.0 Å². The minimum Gasteiger partial charge on any atom is -0.494 e. The van der Waals surface area contributed by atoms with Crippen LogP contribution < -0.4 is 13.8 Å². The van der Waals surface area contributed by atoms with Crippen LogP contribution in [0.5, 0.6) is 11.5 Å². The molecular formula is C27H28N2O5S. The van der Waals surface area contributed by atoms with Gasteiger partial charge in [0, 0.05) is 5.56 Å². The van der Waals surface area contributed by atoms with E-state index in [4.69, 9.17) is 13.9 Å². The lowest BCUT2D eigenvalue weighted by molar-refractivity contribution is 0.340. The van der Waals surface area contributed by atoms with Gasteiger partial charge in [-0.05, 0) is 69.3 Å². The van der Waals surface area contributed by atoms with Gasteiger partial charge in [0.05, 0.1) is 30.3 Å². The highest BCUT2D eigenvalue weighted by molar-refractivity contribution is 7.92. The topological polar surface area (TPSA) is 81.9 Å². The van der Waals surface area contributed by atoms with Crippen molar-refractivity contribution >= 4 is 15.7 Å². The van der Waals surface area contributed by atoms with Crippen molar-refractivity contribution in [2.24, 2.45) is 0 Å². The molecule has 0 aliphatic rings. The monoisotopic (exact) mass is 492 g/mol. The predicted octanol–water partition coefficient (Wildman–Crippen LogP) is 5.84. The highest BCUT2D eigenvalue weighted by Crippen LogP contribution is 2.35. The van der Waals surface area contributed by atoms with Crippen LogP contribution in [0.15, 0.2) is 88.2 Å². The zero-order chi connectivity index (χ0) is 24.8. The third kappa shape index (κ3) is 5.33. The van der Waals surface area contributed by atoms with E-state index in [0.717, 1.165) is 11.3 Å². The van der Waals surface area contributed by atoms with Gasteiger partial charge in [-0.1, -0.05) is 30.3 Å². The minimum atomic E-state index is -3.92. The van der Waals surface area contributed by atoms with Gasteiger partial charge in [0.15, 0.2) is 0 Å². The highest BCUT2D eigenvalue weighted by atomic mass is 32.2. The second kappa shape index (κ2) is 10.7. The quantitative estimate of drug-likeness (QED) is 0.276. The fraction of sp³-hybridized carbons (Fsp3) is 0.222. The van der Waals surface area contributed by atoms with Gasteiger partial charge in [0.2, 0.25) is 5.89 Å². The Labute approximate surface area is 206 Å². The second-order valence-electron chi connectivity index (χ2n) is 7.70. The van der Waals surface area contributed by atoms with Crippen LogP contribution in [0, 0.1) is 6.92 Å². The molecule has 0 radical (unpaired) electrons. The van der Waals surface area contributed by atoms with Crippen LogP contribution in [0.1, 0.15) is 25.3 Å². The molecule has 3 aromatic carbocycles. The summed E-state index contributed by atoms with van der Waals surface area (Å²) >= 11 is 0. The molecule has 4 aromatic rings. The standard InChI is InChI=1S/C27H28N2O5S/c1-4-32-22-17-15-21(16-18-22)27-28-24(20(3)34-27)19-29(25-13-9-10-14-26(25)33-5-2)35(30,31)23-11-7-6-8-12-23/h6-18H,4-5,19H2,1-3H3. The Morgan fingerprint density at radius 3 is 2.20 bits per heavy atom.